The first-order valence-corrected chi connectivity index (χ1v) is 7.29. The topological polar surface area (TPSA) is 70.6 Å². The van der Waals surface area contributed by atoms with Crippen LogP contribution in [0.15, 0.2) is 23.3 Å². The zero-order valence-corrected chi connectivity index (χ0v) is 13.4. The van der Waals surface area contributed by atoms with Gasteiger partial charge < -0.3 is 5.32 Å². The Morgan fingerprint density at radius 2 is 1.90 bits per heavy atom. The molecule has 0 saturated heterocycles. The van der Waals surface area contributed by atoms with Crippen molar-refractivity contribution in [1.29, 1.82) is 0 Å². The highest BCUT2D eigenvalue weighted by molar-refractivity contribution is 6.42. The number of anilines is 1. The molecule has 1 aromatic carbocycles. The summed E-state index contributed by atoms with van der Waals surface area (Å²) < 4.78 is 0. The number of carbonyl (C=O) groups is 2. The highest BCUT2D eigenvalue weighted by atomic mass is 35.5. The van der Waals surface area contributed by atoms with Gasteiger partial charge in [-0.25, -0.2) is 5.43 Å². The number of nitrogens with one attached hydrogen (secondary N) is 2. The van der Waals surface area contributed by atoms with Gasteiger partial charge in [-0.2, -0.15) is 5.10 Å². The molecule has 0 aliphatic rings. The lowest BCUT2D eigenvalue weighted by Gasteiger charge is -2.05. The third kappa shape index (κ3) is 6.14. The molecule has 0 aliphatic carbocycles. The van der Waals surface area contributed by atoms with Crippen LogP contribution in [0.3, 0.4) is 0 Å². The smallest absolute Gasteiger partial charge is 0.318 e. The fraction of sp³-hybridized carbons (Fsp3) is 0.357. The van der Waals surface area contributed by atoms with Crippen molar-refractivity contribution in [2.75, 3.05) is 5.32 Å². The van der Waals surface area contributed by atoms with Gasteiger partial charge in [-0.15, -0.1) is 0 Å². The molecule has 1 aromatic rings. The second-order valence-electron chi connectivity index (χ2n) is 4.47. The Kier molecular flexibility index (Phi) is 7.19. The van der Waals surface area contributed by atoms with Gasteiger partial charge in [0.25, 0.3) is 0 Å². The van der Waals surface area contributed by atoms with Crippen LogP contribution in [0.4, 0.5) is 5.69 Å². The maximum Gasteiger partial charge on any atom is 0.329 e. The average molecular weight is 330 g/mol. The Balaban J connectivity index is 2.54. The number of hydrogen-bond donors (Lipinski definition) is 2. The quantitative estimate of drug-likeness (QED) is 0.492. The Hall–Kier alpha value is -1.59. The van der Waals surface area contributed by atoms with Crippen molar-refractivity contribution >= 4 is 46.4 Å². The van der Waals surface area contributed by atoms with Crippen LogP contribution in [0.25, 0.3) is 0 Å². The summed E-state index contributed by atoms with van der Waals surface area (Å²) in [5.74, 6) is -1.66. The van der Waals surface area contributed by atoms with Gasteiger partial charge in [0.2, 0.25) is 0 Å². The highest BCUT2D eigenvalue weighted by Crippen LogP contribution is 2.24. The molecule has 5 nitrogen and oxygen atoms in total. The van der Waals surface area contributed by atoms with Crippen molar-refractivity contribution in [3.05, 3.63) is 28.2 Å². The molecule has 0 atom stereocenters. The number of benzene rings is 1. The lowest BCUT2D eigenvalue weighted by Crippen LogP contribution is -2.32. The number of halogens is 2. The first kappa shape index (κ1) is 17.5. The van der Waals surface area contributed by atoms with E-state index in [1.165, 1.54) is 12.1 Å². The zero-order chi connectivity index (χ0) is 15.8. The maximum absolute atomic E-state index is 11.7. The van der Waals surface area contributed by atoms with Gasteiger partial charge in [0.1, 0.15) is 0 Å². The molecule has 0 radical (unpaired) electrons. The molecule has 2 amide bonds. The number of unbranched alkanes of at least 4 members (excludes halogenated alkanes) is 1. The second kappa shape index (κ2) is 8.64. The van der Waals surface area contributed by atoms with Crippen molar-refractivity contribution < 1.29 is 9.59 Å². The van der Waals surface area contributed by atoms with Crippen molar-refractivity contribution in [3.8, 4) is 0 Å². The molecule has 0 unspecified atom stereocenters. The van der Waals surface area contributed by atoms with Crippen molar-refractivity contribution in [3.63, 3.8) is 0 Å². The second-order valence-corrected chi connectivity index (χ2v) is 5.29. The van der Waals surface area contributed by atoms with E-state index in [0.717, 1.165) is 25.0 Å². The van der Waals surface area contributed by atoms with Crippen molar-refractivity contribution in [1.82, 2.24) is 5.43 Å². The van der Waals surface area contributed by atoms with Gasteiger partial charge in [0, 0.05) is 11.4 Å². The van der Waals surface area contributed by atoms with E-state index in [1.54, 1.807) is 13.0 Å². The summed E-state index contributed by atoms with van der Waals surface area (Å²) in [6, 6.07) is 4.55. The van der Waals surface area contributed by atoms with E-state index in [1.807, 2.05) is 0 Å². The molecular weight excluding hydrogens is 313 g/mol. The largest absolute Gasteiger partial charge is 0.329 e. The third-order valence-corrected chi connectivity index (χ3v) is 3.36. The Morgan fingerprint density at radius 1 is 1.19 bits per heavy atom. The molecule has 0 aromatic heterocycles. The average Bonchev–Trinajstić information content (AvgIpc) is 2.46. The van der Waals surface area contributed by atoms with Gasteiger partial charge in [-0.05, 0) is 38.0 Å². The molecule has 0 fully saturated rings. The first-order chi connectivity index (χ1) is 9.93. The van der Waals surface area contributed by atoms with E-state index in [9.17, 15) is 9.59 Å². The van der Waals surface area contributed by atoms with Crippen molar-refractivity contribution in [2.24, 2.45) is 5.10 Å². The number of nitrogens with zero attached hydrogens (tertiary/aromatic N) is 1. The molecular formula is C14H17Cl2N3O2. The van der Waals surface area contributed by atoms with Gasteiger partial charge >= 0.3 is 11.8 Å². The van der Waals surface area contributed by atoms with Gasteiger partial charge in [0.15, 0.2) is 0 Å². The van der Waals surface area contributed by atoms with E-state index in [0.29, 0.717) is 15.7 Å². The summed E-state index contributed by atoms with van der Waals surface area (Å²) >= 11 is 11.6. The monoisotopic (exact) mass is 329 g/mol. The van der Waals surface area contributed by atoms with Crippen LogP contribution in [0.5, 0.6) is 0 Å². The van der Waals surface area contributed by atoms with Crippen LogP contribution < -0.4 is 10.7 Å². The van der Waals surface area contributed by atoms with E-state index in [2.05, 4.69) is 22.8 Å². The highest BCUT2D eigenvalue weighted by Gasteiger charge is 2.13. The molecule has 2 N–H and O–H groups in total. The minimum absolute atomic E-state index is 0.295. The normalized spacial score (nSPS) is 11.1. The summed E-state index contributed by atoms with van der Waals surface area (Å²) in [5.41, 5.74) is 3.37. The number of hydrogen-bond acceptors (Lipinski definition) is 3. The number of hydrazone groups is 1. The summed E-state index contributed by atoms with van der Waals surface area (Å²) in [7, 11) is 0. The van der Waals surface area contributed by atoms with Crippen LogP contribution in [0, 0.1) is 0 Å². The lowest BCUT2D eigenvalue weighted by atomic mass is 10.2. The Labute approximate surface area is 133 Å². The molecule has 0 aliphatic heterocycles. The Morgan fingerprint density at radius 3 is 2.52 bits per heavy atom. The lowest BCUT2D eigenvalue weighted by molar-refractivity contribution is -0.136. The minimum Gasteiger partial charge on any atom is -0.318 e. The summed E-state index contributed by atoms with van der Waals surface area (Å²) in [5, 5.41) is 6.94. The maximum atomic E-state index is 11.7. The molecule has 1 rings (SSSR count). The van der Waals surface area contributed by atoms with Crippen LogP contribution in [-0.4, -0.2) is 17.5 Å². The van der Waals surface area contributed by atoms with Gasteiger partial charge in [0.05, 0.1) is 10.0 Å². The summed E-state index contributed by atoms with van der Waals surface area (Å²) in [4.78, 5) is 23.3. The molecule has 0 saturated carbocycles. The number of rotatable bonds is 5. The standard InChI is InChI=1S/C14H17Cl2N3O2/c1-3-4-5-9(2)18-19-14(21)13(20)17-10-6-7-11(15)12(16)8-10/h6-8H,3-5H2,1-2H3,(H,17,20)(H,19,21)/b18-9+. The first-order valence-electron chi connectivity index (χ1n) is 6.53. The molecule has 7 heteroatoms. The molecule has 21 heavy (non-hydrogen) atoms. The van der Waals surface area contributed by atoms with E-state index >= 15 is 0 Å². The molecule has 114 valence electrons. The minimum atomic E-state index is -0.836. The fourth-order valence-corrected chi connectivity index (χ4v) is 1.75. The van der Waals surface area contributed by atoms with Gasteiger partial charge in [-0.1, -0.05) is 36.5 Å². The molecule has 0 bridgehead atoms. The van der Waals surface area contributed by atoms with E-state index in [-0.39, 0.29) is 0 Å². The zero-order valence-electron chi connectivity index (χ0n) is 11.9. The van der Waals surface area contributed by atoms with Crippen LogP contribution in [-0.2, 0) is 9.59 Å². The predicted octanol–water partition coefficient (Wildman–Crippen LogP) is 3.61. The van der Waals surface area contributed by atoms with Gasteiger partial charge in [-0.3, -0.25) is 9.59 Å². The summed E-state index contributed by atoms with van der Waals surface area (Å²) in [6.07, 6.45) is 2.81. The third-order valence-electron chi connectivity index (χ3n) is 2.62. The molecule has 0 heterocycles. The number of carbonyl (C=O) groups excluding carboxylic acids is 2. The summed E-state index contributed by atoms with van der Waals surface area (Å²) in [6.45, 7) is 3.86. The molecule has 0 spiro atoms. The van der Waals surface area contributed by atoms with Crippen LogP contribution in [0.2, 0.25) is 10.0 Å². The van der Waals surface area contributed by atoms with Crippen molar-refractivity contribution in [2.45, 2.75) is 33.1 Å². The van der Waals surface area contributed by atoms with E-state index < -0.39 is 11.8 Å². The van der Waals surface area contributed by atoms with Crippen LogP contribution in [0.1, 0.15) is 33.1 Å². The predicted molar refractivity (Wildman–Crippen MR) is 85.9 cm³/mol. The SMILES string of the molecule is CCCC/C(C)=N/NC(=O)C(=O)Nc1ccc(Cl)c(Cl)c1. The van der Waals surface area contributed by atoms with Crippen LogP contribution >= 0.6 is 23.2 Å². The van der Waals surface area contributed by atoms with E-state index in [4.69, 9.17) is 23.2 Å². The Bertz CT molecular complexity index is 559. The number of amides is 2. The fourth-order valence-electron chi connectivity index (χ4n) is 1.45.